The summed E-state index contributed by atoms with van der Waals surface area (Å²) in [5.74, 6) is 1.26. The zero-order valence-corrected chi connectivity index (χ0v) is 12.3. The van der Waals surface area contributed by atoms with Crippen LogP contribution in [0.4, 0.5) is 5.88 Å². The Balaban J connectivity index is 1.92. The first-order valence-electron chi connectivity index (χ1n) is 6.27. The van der Waals surface area contributed by atoms with Crippen LogP contribution in [0, 0.1) is 0 Å². The molecule has 20 heavy (non-hydrogen) atoms. The average molecular weight is 333 g/mol. The molecule has 0 unspecified atom stereocenters. The first-order chi connectivity index (χ1) is 9.75. The highest BCUT2D eigenvalue weighted by molar-refractivity contribution is 9.10. The molecule has 0 amide bonds. The lowest BCUT2D eigenvalue weighted by atomic mass is 10.0. The van der Waals surface area contributed by atoms with Crippen molar-refractivity contribution in [3.05, 3.63) is 58.6 Å². The first-order valence-corrected chi connectivity index (χ1v) is 7.06. The highest BCUT2D eigenvalue weighted by atomic mass is 79.9. The lowest BCUT2D eigenvalue weighted by Gasteiger charge is -2.04. The van der Waals surface area contributed by atoms with Crippen molar-refractivity contribution in [2.45, 2.75) is 12.8 Å². The number of nitrogen functional groups attached to an aromatic ring is 1. The molecular formula is C15H13BrN2O2. The fourth-order valence-electron chi connectivity index (χ4n) is 2.16. The van der Waals surface area contributed by atoms with Gasteiger partial charge in [0.05, 0.1) is 17.5 Å². The van der Waals surface area contributed by atoms with Crippen molar-refractivity contribution in [2.24, 2.45) is 0 Å². The Morgan fingerprint density at radius 2 is 1.95 bits per heavy atom. The molecule has 2 aromatic heterocycles. The number of hydrogen-bond donors (Lipinski definition) is 1. The number of furan rings is 1. The molecule has 0 atom stereocenters. The lowest BCUT2D eigenvalue weighted by Crippen LogP contribution is -1.94. The summed E-state index contributed by atoms with van der Waals surface area (Å²) >= 11 is 3.53. The third-order valence-corrected chi connectivity index (χ3v) is 3.81. The number of benzene rings is 1. The second-order valence-corrected chi connectivity index (χ2v) is 5.28. The van der Waals surface area contributed by atoms with E-state index in [0.29, 0.717) is 12.3 Å². The predicted molar refractivity (Wildman–Crippen MR) is 80.2 cm³/mol. The van der Waals surface area contributed by atoms with Gasteiger partial charge in [0, 0.05) is 22.9 Å². The Labute approximate surface area is 124 Å². The van der Waals surface area contributed by atoms with Crippen LogP contribution in [-0.2, 0) is 12.8 Å². The van der Waals surface area contributed by atoms with Gasteiger partial charge in [0.1, 0.15) is 5.76 Å². The van der Waals surface area contributed by atoms with Gasteiger partial charge in [-0.3, -0.25) is 0 Å². The number of hydrogen-bond acceptors (Lipinski definition) is 4. The summed E-state index contributed by atoms with van der Waals surface area (Å²) in [4.78, 5) is 0. The van der Waals surface area contributed by atoms with Crippen LogP contribution in [0.2, 0.25) is 0 Å². The molecule has 0 saturated carbocycles. The molecule has 0 fully saturated rings. The van der Waals surface area contributed by atoms with Gasteiger partial charge in [-0.2, -0.15) is 0 Å². The fourth-order valence-corrected chi connectivity index (χ4v) is 2.64. The van der Waals surface area contributed by atoms with Crippen molar-refractivity contribution in [3.8, 4) is 11.1 Å². The summed E-state index contributed by atoms with van der Waals surface area (Å²) < 4.78 is 11.5. The standard InChI is InChI=1S/C15H13BrN2O2/c16-12-6-2-1-5-11(12)14-13(18-20-15(14)17)8-7-10-4-3-9-19-10/h1-6,9H,7-8,17H2. The van der Waals surface area contributed by atoms with Gasteiger partial charge in [0.25, 0.3) is 0 Å². The number of halogens is 1. The topological polar surface area (TPSA) is 65.2 Å². The minimum Gasteiger partial charge on any atom is -0.469 e. The quantitative estimate of drug-likeness (QED) is 0.782. The lowest BCUT2D eigenvalue weighted by molar-refractivity contribution is 0.425. The number of nitrogens with two attached hydrogens (primary N) is 1. The molecule has 4 nitrogen and oxygen atoms in total. The third-order valence-electron chi connectivity index (χ3n) is 3.12. The molecule has 0 radical (unpaired) electrons. The maximum Gasteiger partial charge on any atom is 0.230 e. The smallest absolute Gasteiger partial charge is 0.230 e. The SMILES string of the molecule is Nc1onc(CCc2ccco2)c1-c1ccccc1Br. The van der Waals surface area contributed by atoms with E-state index in [1.165, 1.54) is 0 Å². The van der Waals surface area contributed by atoms with E-state index in [-0.39, 0.29) is 0 Å². The minimum atomic E-state index is 0.339. The number of anilines is 1. The Hall–Kier alpha value is -2.01. The average Bonchev–Trinajstić information content (AvgIpc) is 3.07. The Morgan fingerprint density at radius 1 is 1.10 bits per heavy atom. The van der Waals surface area contributed by atoms with Crippen molar-refractivity contribution in [2.75, 3.05) is 5.73 Å². The maximum absolute atomic E-state index is 5.92. The highest BCUT2D eigenvalue weighted by Crippen LogP contribution is 2.35. The largest absolute Gasteiger partial charge is 0.469 e. The molecular weight excluding hydrogens is 320 g/mol. The van der Waals surface area contributed by atoms with E-state index in [0.717, 1.165) is 33.5 Å². The number of aromatic nitrogens is 1. The normalized spacial score (nSPS) is 10.8. The molecule has 0 saturated heterocycles. The molecule has 3 rings (SSSR count). The molecule has 0 aliphatic carbocycles. The van der Waals surface area contributed by atoms with Gasteiger partial charge < -0.3 is 14.7 Å². The zero-order chi connectivity index (χ0) is 13.9. The van der Waals surface area contributed by atoms with Crippen LogP contribution >= 0.6 is 15.9 Å². The van der Waals surface area contributed by atoms with Gasteiger partial charge in [-0.15, -0.1) is 0 Å². The maximum atomic E-state index is 5.92. The fraction of sp³-hybridized carbons (Fsp3) is 0.133. The van der Waals surface area contributed by atoms with E-state index in [2.05, 4.69) is 21.1 Å². The van der Waals surface area contributed by atoms with E-state index >= 15 is 0 Å². The van der Waals surface area contributed by atoms with Crippen molar-refractivity contribution < 1.29 is 8.94 Å². The van der Waals surface area contributed by atoms with Crippen LogP contribution < -0.4 is 5.73 Å². The van der Waals surface area contributed by atoms with Crippen molar-refractivity contribution in [1.82, 2.24) is 5.16 Å². The summed E-state index contributed by atoms with van der Waals surface area (Å²) in [6.45, 7) is 0. The minimum absolute atomic E-state index is 0.339. The molecule has 5 heteroatoms. The number of nitrogens with zero attached hydrogens (tertiary/aromatic N) is 1. The van der Waals surface area contributed by atoms with Crippen LogP contribution in [-0.4, -0.2) is 5.16 Å². The summed E-state index contributed by atoms with van der Waals surface area (Å²) in [7, 11) is 0. The van der Waals surface area contributed by atoms with Gasteiger partial charge in [0.15, 0.2) is 0 Å². The summed E-state index contributed by atoms with van der Waals surface area (Å²) in [6, 6.07) is 11.7. The van der Waals surface area contributed by atoms with Crippen LogP contribution in [0.5, 0.6) is 0 Å². The van der Waals surface area contributed by atoms with Crippen molar-refractivity contribution in [3.63, 3.8) is 0 Å². The van der Waals surface area contributed by atoms with Crippen LogP contribution in [0.25, 0.3) is 11.1 Å². The molecule has 2 heterocycles. The van der Waals surface area contributed by atoms with E-state index in [1.807, 2.05) is 36.4 Å². The molecule has 0 aliphatic rings. The van der Waals surface area contributed by atoms with Gasteiger partial charge in [-0.1, -0.05) is 39.3 Å². The van der Waals surface area contributed by atoms with Crippen LogP contribution in [0.3, 0.4) is 0 Å². The molecule has 1 aromatic carbocycles. The Morgan fingerprint density at radius 3 is 2.70 bits per heavy atom. The Bertz CT molecular complexity index is 704. The number of aryl methyl sites for hydroxylation is 2. The molecule has 0 aliphatic heterocycles. The first kappa shape index (κ1) is 13.0. The third kappa shape index (κ3) is 2.49. The van der Waals surface area contributed by atoms with Crippen molar-refractivity contribution in [1.29, 1.82) is 0 Å². The molecule has 2 N–H and O–H groups in total. The van der Waals surface area contributed by atoms with Gasteiger partial charge >= 0.3 is 0 Å². The van der Waals surface area contributed by atoms with Gasteiger partial charge in [-0.05, 0) is 18.2 Å². The zero-order valence-electron chi connectivity index (χ0n) is 10.7. The van der Waals surface area contributed by atoms with E-state index in [1.54, 1.807) is 6.26 Å². The van der Waals surface area contributed by atoms with Crippen LogP contribution in [0.1, 0.15) is 11.5 Å². The predicted octanol–water partition coefficient (Wildman–Crippen LogP) is 4.06. The molecule has 0 bridgehead atoms. The summed E-state index contributed by atoms with van der Waals surface area (Å²) in [5.41, 5.74) is 8.59. The summed E-state index contributed by atoms with van der Waals surface area (Å²) in [6.07, 6.45) is 3.14. The highest BCUT2D eigenvalue weighted by Gasteiger charge is 2.17. The second kappa shape index (κ2) is 5.54. The van der Waals surface area contributed by atoms with Gasteiger partial charge in [0.2, 0.25) is 5.88 Å². The van der Waals surface area contributed by atoms with E-state index < -0.39 is 0 Å². The van der Waals surface area contributed by atoms with Crippen LogP contribution in [0.15, 0.2) is 56.1 Å². The van der Waals surface area contributed by atoms with Crippen molar-refractivity contribution >= 4 is 21.8 Å². The van der Waals surface area contributed by atoms with E-state index in [4.69, 9.17) is 14.7 Å². The molecule has 3 aromatic rings. The summed E-state index contributed by atoms with van der Waals surface area (Å²) in [5, 5.41) is 4.07. The molecule has 102 valence electrons. The van der Waals surface area contributed by atoms with Gasteiger partial charge in [-0.25, -0.2) is 0 Å². The van der Waals surface area contributed by atoms with E-state index in [9.17, 15) is 0 Å². The Kier molecular flexibility index (Phi) is 3.60. The second-order valence-electron chi connectivity index (χ2n) is 4.43. The monoisotopic (exact) mass is 332 g/mol. The molecule has 0 spiro atoms. The number of rotatable bonds is 4.